The van der Waals surface area contributed by atoms with Crippen LogP contribution in [0, 0.1) is 11.7 Å². The fourth-order valence-electron chi connectivity index (χ4n) is 4.78. The minimum Gasteiger partial charge on any atom is -0.368 e. The van der Waals surface area contributed by atoms with Crippen LogP contribution in [0.3, 0.4) is 0 Å². The fraction of sp³-hybridized carbons (Fsp3) is 0.375. The molecule has 9 nitrogen and oxygen atoms in total. The third-order valence-electron chi connectivity index (χ3n) is 6.50. The van der Waals surface area contributed by atoms with Gasteiger partial charge in [0.1, 0.15) is 24.1 Å². The largest absolute Gasteiger partial charge is 0.368 e. The number of nitrogens with zero attached hydrogens (tertiary/aromatic N) is 2. The number of anilines is 1. The van der Waals surface area contributed by atoms with Crippen LogP contribution >= 0.6 is 11.3 Å². The van der Waals surface area contributed by atoms with Crippen molar-refractivity contribution < 1.29 is 26.5 Å². The fourth-order valence-corrected chi connectivity index (χ4v) is 6.04. The number of rotatable bonds is 8. The van der Waals surface area contributed by atoms with Crippen LogP contribution in [0.1, 0.15) is 57.3 Å². The van der Waals surface area contributed by atoms with Crippen molar-refractivity contribution in [1.82, 2.24) is 9.97 Å². The normalized spacial score (nSPS) is 21.8. The van der Waals surface area contributed by atoms with Gasteiger partial charge in [0.25, 0.3) is 0 Å². The average Bonchev–Trinajstić information content (AvgIpc) is 3.52. The highest BCUT2D eigenvalue weighted by Gasteiger charge is 2.29. The number of fused-ring (bicyclic) bond motifs is 1. The van der Waals surface area contributed by atoms with Crippen LogP contribution in [0.4, 0.5) is 10.2 Å². The molecule has 0 saturated heterocycles. The van der Waals surface area contributed by atoms with E-state index in [1.54, 1.807) is 12.1 Å². The number of ether oxygens (including phenoxy) is 1. The van der Waals surface area contributed by atoms with E-state index in [1.807, 2.05) is 5.38 Å². The first-order chi connectivity index (χ1) is 17.3. The Labute approximate surface area is 212 Å². The van der Waals surface area contributed by atoms with Gasteiger partial charge >= 0.3 is 10.3 Å². The van der Waals surface area contributed by atoms with E-state index in [1.165, 1.54) is 36.0 Å². The first-order valence-electron chi connectivity index (χ1n) is 11.5. The van der Waals surface area contributed by atoms with Crippen molar-refractivity contribution in [3.8, 4) is 0 Å². The summed E-state index contributed by atoms with van der Waals surface area (Å²) in [5, 5.41) is 10.1. The lowest BCUT2D eigenvalue weighted by Crippen LogP contribution is -2.22. The second-order valence-corrected chi connectivity index (χ2v) is 11.1. The molecule has 0 bridgehead atoms. The summed E-state index contributed by atoms with van der Waals surface area (Å²) in [6.45, 7) is 0.550. The number of halogens is 1. The van der Waals surface area contributed by atoms with Crippen molar-refractivity contribution in [3.63, 3.8) is 0 Å². The van der Waals surface area contributed by atoms with Gasteiger partial charge in [-0.2, -0.15) is 8.42 Å². The zero-order valence-electron chi connectivity index (χ0n) is 19.2. The Hall–Kier alpha value is -2.77. The van der Waals surface area contributed by atoms with Gasteiger partial charge in [-0.1, -0.05) is 6.07 Å². The van der Waals surface area contributed by atoms with E-state index in [4.69, 9.17) is 14.1 Å². The molecule has 3 heterocycles. The molecule has 3 aromatic rings. The van der Waals surface area contributed by atoms with Crippen LogP contribution in [0.25, 0.3) is 0 Å². The van der Waals surface area contributed by atoms with E-state index in [0.29, 0.717) is 35.7 Å². The number of thiophene rings is 1. The zero-order valence-corrected chi connectivity index (χ0v) is 20.9. The number of carbonyl (C=O) groups is 1. The third-order valence-corrected chi connectivity index (χ3v) is 7.91. The van der Waals surface area contributed by atoms with E-state index in [2.05, 4.69) is 15.3 Å². The second kappa shape index (κ2) is 10.3. The van der Waals surface area contributed by atoms with Gasteiger partial charge < -0.3 is 10.1 Å². The molecule has 0 amide bonds. The Balaban J connectivity index is 1.30. The van der Waals surface area contributed by atoms with E-state index in [9.17, 15) is 17.6 Å². The lowest BCUT2D eigenvalue weighted by atomic mass is 9.94. The molecule has 36 heavy (non-hydrogen) atoms. The molecule has 3 N–H and O–H groups in total. The van der Waals surface area contributed by atoms with Gasteiger partial charge in [0, 0.05) is 12.2 Å². The number of ketones is 1. The number of benzene rings is 1. The lowest BCUT2D eigenvalue weighted by Gasteiger charge is -2.25. The smallest absolute Gasteiger partial charge is 0.333 e. The Morgan fingerprint density at radius 2 is 2.17 bits per heavy atom. The maximum atomic E-state index is 13.9. The molecule has 2 aromatic heterocycles. The van der Waals surface area contributed by atoms with Gasteiger partial charge in [0.05, 0.1) is 23.7 Å². The van der Waals surface area contributed by atoms with Crippen LogP contribution in [0.5, 0.6) is 0 Å². The predicted molar refractivity (Wildman–Crippen MR) is 131 cm³/mol. The number of hydrogen-bond acceptors (Lipinski definition) is 9. The quantitative estimate of drug-likeness (QED) is 0.422. The van der Waals surface area contributed by atoms with Crippen LogP contribution < -0.4 is 10.5 Å². The van der Waals surface area contributed by atoms with Gasteiger partial charge in [-0.25, -0.2) is 19.5 Å². The Morgan fingerprint density at radius 3 is 3.00 bits per heavy atom. The van der Waals surface area contributed by atoms with Gasteiger partial charge in [0.15, 0.2) is 0 Å². The van der Waals surface area contributed by atoms with Gasteiger partial charge in [-0.05, 0) is 71.9 Å². The van der Waals surface area contributed by atoms with Crippen molar-refractivity contribution in [3.05, 3.63) is 75.1 Å². The Bertz CT molecular complexity index is 1380. The molecule has 0 radical (unpaired) electrons. The van der Waals surface area contributed by atoms with Gasteiger partial charge in [0.2, 0.25) is 5.78 Å². The molecule has 1 aliphatic carbocycles. The number of nitrogens with two attached hydrogens (primary N) is 1. The van der Waals surface area contributed by atoms with Crippen LogP contribution in [0.2, 0.25) is 0 Å². The van der Waals surface area contributed by atoms with Crippen LogP contribution in [0.15, 0.2) is 42.2 Å². The number of hydrogen-bond donors (Lipinski definition) is 2. The molecule has 2 aliphatic rings. The summed E-state index contributed by atoms with van der Waals surface area (Å²) in [5.41, 5.74) is 2.96. The third kappa shape index (κ3) is 5.62. The summed E-state index contributed by atoms with van der Waals surface area (Å²) in [6, 6.07) is 6.51. The summed E-state index contributed by atoms with van der Waals surface area (Å²) in [7, 11) is -3.97. The minimum atomic E-state index is -3.97. The van der Waals surface area contributed by atoms with E-state index in [0.717, 1.165) is 29.5 Å². The topological polar surface area (TPSA) is 134 Å². The molecule has 1 fully saturated rings. The van der Waals surface area contributed by atoms with Crippen molar-refractivity contribution in [2.24, 2.45) is 11.1 Å². The van der Waals surface area contributed by atoms with Gasteiger partial charge in [-0.15, -0.1) is 11.3 Å². The monoisotopic (exact) mass is 532 g/mol. The average molecular weight is 533 g/mol. The van der Waals surface area contributed by atoms with E-state index >= 15 is 0 Å². The summed E-state index contributed by atoms with van der Waals surface area (Å²) in [6.07, 6.45) is 5.33. The SMILES string of the molecule is NS(=O)(=O)OC[C@@H]1CC[C@H](Nc2ncncc2C(=O)c2cc(C3OCCc4ccc(F)cc43)cs2)C1. The standard InChI is InChI=1S/C24H25FN4O5S2/c25-17-3-2-15-5-6-33-23(19(15)9-17)16-8-21(35-12-16)22(30)20-10-27-13-28-24(20)29-18-4-1-14(7-18)11-34-36(26,31)32/h2-3,8-10,12-14,18,23H,1,4-7,11H2,(H2,26,31,32)(H,27,28,29)/t14-,18+,23?/m1/s1. The van der Waals surface area contributed by atoms with Crippen LogP contribution in [-0.4, -0.2) is 43.4 Å². The van der Waals surface area contributed by atoms with Crippen molar-refractivity contribution in [2.45, 2.75) is 37.8 Å². The molecular weight excluding hydrogens is 507 g/mol. The molecule has 1 unspecified atom stereocenters. The van der Waals surface area contributed by atoms with E-state index < -0.39 is 16.4 Å². The summed E-state index contributed by atoms with van der Waals surface area (Å²) < 4.78 is 46.7. The molecular formula is C24H25FN4O5S2. The van der Waals surface area contributed by atoms with Gasteiger partial charge in [-0.3, -0.25) is 8.98 Å². The van der Waals surface area contributed by atoms with Crippen molar-refractivity contribution in [1.29, 1.82) is 0 Å². The molecule has 1 aliphatic heterocycles. The second-order valence-electron chi connectivity index (χ2n) is 9.00. The highest BCUT2D eigenvalue weighted by molar-refractivity contribution is 7.84. The first-order valence-corrected chi connectivity index (χ1v) is 13.9. The molecule has 5 rings (SSSR count). The predicted octanol–water partition coefficient (Wildman–Crippen LogP) is 3.37. The van der Waals surface area contributed by atoms with Crippen molar-refractivity contribution >= 4 is 33.2 Å². The maximum absolute atomic E-state index is 13.9. The highest BCUT2D eigenvalue weighted by atomic mass is 32.2. The number of nitrogens with one attached hydrogen (secondary N) is 1. The minimum absolute atomic E-state index is 0.00135. The zero-order chi connectivity index (χ0) is 25.3. The Morgan fingerprint density at radius 1 is 1.31 bits per heavy atom. The first kappa shape index (κ1) is 24.9. The molecule has 0 spiro atoms. The summed E-state index contributed by atoms with van der Waals surface area (Å²) in [4.78, 5) is 22.2. The molecule has 190 valence electrons. The highest BCUT2D eigenvalue weighted by Crippen LogP contribution is 2.36. The summed E-state index contributed by atoms with van der Waals surface area (Å²) >= 11 is 1.29. The van der Waals surface area contributed by atoms with Crippen molar-refractivity contribution in [2.75, 3.05) is 18.5 Å². The molecule has 1 saturated carbocycles. The van der Waals surface area contributed by atoms with Crippen LogP contribution in [-0.2, 0) is 25.6 Å². The maximum Gasteiger partial charge on any atom is 0.333 e. The number of aromatic nitrogens is 2. The summed E-state index contributed by atoms with van der Waals surface area (Å²) in [5.74, 6) is -0.0933. The number of carbonyl (C=O) groups excluding carboxylic acids is 1. The molecule has 3 atom stereocenters. The molecule has 1 aromatic carbocycles. The van der Waals surface area contributed by atoms with E-state index in [-0.39, 0.29) is 30.2 Å². The lowest BCUT2D eigenvalue weighted by molar-refractivity contribution is 0.0698. The molecule has 12 heteroatoms. The Kier molecular flexibility index (Phi) is 7.13.